The molecule has 0 bridgehead atoms. The highest BCUT2D eigenvalue weighted by Gasteiger charge is 2.21. The Kier molecular flexibility index (Phi) is 5.94. The number of fused-ring (bicyclic) bond motifs is 3. The van der Waals surface area contributed by atoms with Crippen molar-refractivity contribution in [3.05, 3.63) is 57.0 Å². The Hall–Kier alpha value is -2.67. The molecule has 6 nitrogen and oxygen atoms in total. The smallest absolute Gasteiger partial charge is 0.259 e. The molecule has 0 saturated heterocycles. The van der Waals surface area contributed by atoms with Gasteiger partial charge >= 0.3 is 0 Å². The third kappa shape index (κ3) is 4.50. The molecule has 0 fully saturated rings. The number of nitrogens with one attached hydrogen (secondary N) is 2. The summed E-state index contributed by atoms with van der Waals surface area (Å²) in [5.74, 6) is 0.588. The van der Waals surface area contributed by atoms with E-state index >= 15 is 0 Å². The second-order valence-corrected chi connectivity index (χ2v) is 8.59. The van der Waals surface area contributed by atoms with Crippen molar-refractivity contribution < 1.29 is 4.79 Å². The van der Waals surface area contributed by atoms with Crippen LogP contribution in [0.1, 0.15) is 35.5 Å². The van der Waals surface area contributed by atoms with E-state index in [0.29, 0.717) is 25.2 Å². The molecule has 4 rings (SSSR count). The Morgan fingerprint density at radius 2 is 2.10 bits per heavy atom. The molecular formula is C22H26N4O2S. The Morgan fingerprint density at radius 1 is 1.28 bits per heavy atom. The highest BCUT2D eigenvalue weighted by atomic mass is 32.1. The zero-order valence-electron chi connectivity index (χ0n) is 16.7. The average Bonchev–Trinajstić information content (AvgIpc) is 3.31. The molecule has 0 spiro atoms. The number of hydrogen-bond donors (Lipinski definition) is 2. The molecule has 0 saturated carbocycles. The first-order valence-corrected chi connectivity index (χ1v) is 11.0. The number of amides is 1. The summed E-state index contributed by atoms with van der Waals surface area (Å²) in [6.07, 6.45) is 4.80. The summed E-state index contributed by atoms with van der Waals surface area (Å²) in [7, 11) is 2.05. The molecule has 1 aliphatic carbocycles. The molecule has 1 aliphatic rings. The Bertz CT molecular complexity index is 1060. The number of rotatable bonds is 8. The van der Waals surface area contributed by atoms with Gasteiger partial charge in [-0.1, -0.05) is 18.2 Å². The number of anilines is 1. The van der Waals surface area contributed by atoms with Gasteiger partial charge in [0.1, 0.15) is 10.7 Å². The van der Waals surface area contributed by atoms with Gasteiger partial charge in [0.05, 0.1) is 5.39 Å². The van der Waals surface area contributed by atoms with Crippen molar-refractivity contribution in [2.75, 3.05) is 25.0 Å². The third-order valence-corrected chi connectivity index (χ3v) is 6.59. The number of benzene rings is 1. The van der Waals surface area contributed by atoms with Gasteiger partial charge in [-0.2, -0.15) is 0 Å². The van der Waals surface area contributed by atoms with Crippen LogP contribution in [0.15, 0.2) is 35.1 Å². The molecule has 3 aromatic rings. The minimum atomic E-state index is -0.0613. The number of H-pyrrole nitrogens is 1. The third-order valence-electron chi connectivity index (χ3n) is 5.40. The maximum atomic E-state index is 12.5. The second-order valence-electron chi connectivity index (χ2n) is 7.51. The average molecular weight is 411 g/mol. The quantitative estimate of drug-likeness (QED) is 0.560. The van der Waals surface area contributed by atoms with Crippen LogP contribution < -0.4 is 15.8 Å². The summed E-state index contributed by atoms with van der Waals surface area (Å²) in [6.45, 7) is 1.51. The molecule has 0 aliphatic heterocycles. The summed E-state index contributed by atoms with van der Waals surface area (Å²) in [6, 6.07) is 10.2. The van der Waals surface area contributed by atoms with Crippen LogP contribution in [-0.4, -0.2) is 36.0 Å². The fraction of sp³-hybridized carbons (Fsp3) is 0.409. The van der Waals surface area contributed by atoms with Gasteiger partial charge in [-0.05, 0) is 43.4 Å². The van der Waals surface area contributed by atoms with Crippen molar-refractivity contribution in [2.24, 2.45) is 0 Å². The molecule has 1 amide bonds. The van der Waals surface area contributed by atoms with E-state index in [-0.39, 0.29) is 11.5 Å². The van der Waals surface area contributed by atoms with Gasteiger partial charge < -0.3 is 15.2 Å². The number of thiophene rings is 1. The Morgan fingerprint density at radius 3 is 2.93 bits per heavy atom. The number of hydrogen-bond acceptors (Lipinski definition) is 5. The number of aromatic nitrogens is 2. The van der Waals surface area contributed by atoms with Crippen LogP contribution in [-0.2, 0) is 24.1 Å². The van der Waals surface area contributed by atoms with E-state index in [1.54, 1.807) is 11.3 Å². The molecule has 7 heteroatoms. The number of carbonyl (C=O) groups is 1. The van der Waals surface area contributed by atoms with Crippen molar-refractivity contribution in [1.82, 2.24) is 15.3 Å². The molecule has 2 heterocycles. The Balaban J connectivity index is 1.24. The van der Waals surface area contributed by atoms with Crippen molar-refractivity contribution in [1.29, 1.82) is 0 Å². The minimum absolute atomic E-state index is 0.0104. The summed E-state index contributed by atoms with van der Waals surface area (Å²) < 4.78 is 0. The first-order valence-electron chi connectivity index (χ1n) is 10.2. The lowest BCUT2D eigenvalue weighted by molar-refractivity contribution is -0.121. The second kappa shape index (κ2) is 8.78. The lowest BCUT2D eigenvalue weighted by Crippen LogP contribution is -2.28. The van der Waals surface area contributed by atoms with E-state index < -0.39 is 0 Å². The highest BCUT2D eigenvalue weighted by Crippen LogP contribution is 2.34. The zero-order valence-corrected chi connectivity index (χ0v) is 17.5. The molecule has 2 N–H and O–H groups in total. The lowest BCUT2D eigenvalue weighted by atomic mass is 10.2. The maximum absolute atomic E-state index is 12.5. The van der Waals surface area contributed by atoms with Gasteiger partial charge in [-0.15, -0.1) is 11.3 Å². The van der Waals surface area contributed by atoms with Gasteiger partial charge in [0.25, 0.3) is 5.56 Å². The summed E-state index contributed by atoms with van der Waals surface area (Å²) in [4.78, 5) is 36.4. The monoisotopic (exact) mass is 410 g/mol. The van der Waals surface area contributed by atoms with Gasteiger partial charge in [-0.25, -0.2) is 4.98 Å². The van der Waals surface area contributed by atoms with Crippen molar-refractivity contribution in [2.45, 2.75) is 38.5 Å². The minimum Gasteiger partial charge on any atom is -0.375 e. The van der Waals surface area contributed by atoms with Crippen molar-refractivity contribution >= 4 is 33.1 Å². The molecular weight excluding hydrogens is 384 g/mol. The van der Waals surface area contributed by atoms with Crippen LogP contribution in [0, 0.1) is 0 Å². The topological polar surface area (TPSA) is 78.1 Å². The van der Waals surface area contributed by atoms with Gasteiger partial charge in [-0.3, -0.25) is 9.59 Å². The van der Waals surface area contributed by atoms with Crippen LogP contribution in [0.3, 0.4) is 0 Å². The van der Waals surface area contributed by atoms with Crippen LogP contribution in [0.4, 0.5) is 5.69 Å². The molecule has 1 aromatic carbocycles. The van der Waals surface area contributed by atoms with E-state index in [9.17, 15) is 9.59 Å². The van der Waals surface area contributed by atoms with Crippen LogP contribution in [0.2, 0.25) is 0 Å². The molecule has 0 unspecified atom stereocenters. The number of para-hydroxylation sites is 1. The zero-order chi connectivity index (χ0) is 20.2. The lowest BCUT2D eigenvalue weighted by Gasteiger charge is -2.19. The molecule has 0 atom stereocenters. The normalized spacial score (nSPS) is 12.9. The first kappa shape index (κ1) is 19.6. The number of aromatic amines is 1. The standard InChI is InChI=1S/C22H26N4O2S/c1-26(15-7-3-2-4-8-15)14-6-13-23-19(27)12-11-18-24-21(28)20-16-9-5-10-17(16)29-22(20)25-18/h2-4,7-8H,5-6,9-14H2,1H3,(H,23,27)(H,24,25,28). The van der Waals surface area contributed by atoms with E-state index in [0.717, 1.165) is 42.4 Å². The fourth-order valence-electron chi connectivity index (χ4n) is 3.84. The summed E-state index contributed by atoms with van der Waals surface area (Å²) in [5, 5.41) is 3.72. The van der Waals surface area contributed by atoms with Crippen molar-refractivity contribution in [3.8, 4) is 0 Å². The van der Waals surface area contributed by atoms with Gasteiger partial charge in [0.15, 0.2) is 0 Å². The maximum Gasteiger partial charge on any atom is 0.259 e. The number of nitrogens with zero attached hydrogens (tertiary/aromatic N) is 2. The highest BCUT2D eigenvalue weighted by molar-refractivity contribution is 7.18. The largest absolute Gasteiger partial charge is 0.375 e. The summed E-state index contributed by atoms with van der Waals surface area (Å²) >= 11 is 1.63. The van der Waals surface area contributed by atoms with E-state index in [4.69, 9.17) is 0 Å². The molecule has 0 radical (unpaired) electrons. The number of aryl methyl sites for hydroxylation is 3. The SMILES string of the molecule is CN(CCCNC(=O)CCc1nc2sc3c(c2c(=O)[nH]1)CCC3)c1ccccc1. The number of carbonyl (C=O) groups excluding carboxylic acids is 1. The molecule has 152 valence electrons. The predicted octanol–water partition coefficient (Wildman–Crippen LogP) is 3.05. The Labute approximate surface area is 174 Å². The molecule has 29 heavy (non-hydrogen) atoms. The molecule has 2 aromatic heterocycles. The van der Waals surface area contributed by atoms with E-state index in [1.165, 1.54) is 16.1 Å². The first-order chi connectivity index (χ1) is 14.1. The fourth-order valence-corrected chi connectivity index (χ4v) is 5.12. The van der Waals surface area contributed by atoms with Crippen molar-refractivity contribution in [3.63, 3.8) is 0 Å². The van der Waals surface area contributed by atoms with Crippen LogP contribution in [0.5, 0.6) is 0 Å². The summed E-state index contributed by atoms with van der Waals surface area (Å²) in [5.41, 5.74) is 2.29. The van der Waals surface area contributed by atoms with Gasteiger partial charge in [0.2, 0.25) is 5.91 Å². The van der Waals surface area contributed by atoms with E-state index in [2.05, 4.69) is 39.4 Å². The van der Waals surface area contributed by atoms with Crippen LogP contribution in [0.25, 0.3) is 10.2 Å². The van der Waals surface area contributed by atoms with Gasteiger partial charge in [0, 0.05) is 43.5 Å². The van der Waals surface area contributed by atoms with E-state index in [1.807, 2.05) is 18.2 Å². The van der Waals surface area contributed by atoms with Crippen LogP contribution >= 0.6 is 11.3 Å². The predicted molar refractivity (Wildman–Crippen MR) is 118 cm³/mol.